The van der Waals surface area contributed by atoms with Crippen molar-refractivity contribution in [1.82, 2.24) is 4.98 Å². The Kier molecular flexibility index (Phi) is 4.98. The van der Waals surface area contributed by atoms with E-state index in [9.17, 15) is 4.79 Å². The number of rotatable bonds is 5. The molecule has 4 rings (SSSR count). The first kappa shape index (κ1) is 18.0. The van der Waals surface area contributed by atoms with Gasteiger partial charge in [-0.2, -0.15) is 0 Å². The van der Waals surface area contributed by atoms with E-state index in [0.717, 1.165) is 29.9 Å². The minimum absolute atomic E-state index is 0.0779. The quantitative estimate of drug-likeness (QED) is 0.712. The lowest BCUT2D eigenvalue weighted by Crippen LogP contribution is -2.40. The van der Waals surface area contributed by atoms with Crippen LogP contribution in [0.5, 0.6) is 11.6 Å². The Bertz CT molecular complexity index is 968. The Morgan fingerprint density at radius 1 is 1.11 bits per heavy atom. The first-order valence-corrected chi connectivity index (χ1v) is 9.46. The third-order valence-corrected chi connectivity index (χ3v) is 4.87. The highest BCUT2D eigenvalue weighted by atomic mass is 16.5. The maximum absolute atomic E-state index is 12.9. The molecule has 1 atom stereocenters. The van der Waals surface area contributed by atoms with Crippen LogP contribution in [0.15, 0.2) is 66.9 Å². The molecule has 1 unspecified atom stereocenters. The summed E-state index contributed by atoms with van der Waals surface area (Å²) >= 11 is 0. The van der Waals surface area contributed by atoms with Crippen LogP contribution in [0.25, 0.3) is 0 Å². The maximum atomic E-state index is 12.9. The van der Waals surface area contributed by atoms with E-state index in [2.05, 4.69) is 16.4 Å². The summed E-state index contributed by atoms with van der Waals surface area (Å²) < 4.78 is 5.75. The fourth-order valence-electron chi connectivity index (χ4n) is 3.37. The predicted octanol–water partition coefficient (Wildman–Crippen LogP) is 4.57. The van der Waals surface area contributed by atoms with Gasteiger partial charge in [0.25, 0.3) is 0 Å². The highest BCUT2D eigenvalue weighted by Gasteiger charge is 2.27. The number of amides is 1. The second-order valence-electron chi connectivity index (χ2n) is 7.03. The van der Waals surface area contributed by atoms with E-state index in [1.54, 1.807) is 6.20 Å². The molecular formula is C23H23N3O2. The van der Waals surface area contributed by atoms with Gasteiger partial charge >= 0.3 is 0 Å². The summed E-state index contributed by atoms with van der Waals surface area (Å²) in [5.41, 5.74) is 4.22. The first-order valence-electron chi connectivity index (χ1n) is 9.46. The Labute approximate surface area is 165 Å². The lowest BCUT2D eigenvalue weighted by atomic mass is 10.2. The molecule has 28 heavy (non-hydrogen) atoms. The Morgan fingerprint density at radius 3 is 2.64 bits per heavy atom. The molecule has 5 heteroatoms. The normalized spacial score (nSPS) is 13.7. The van der Waals surface area contributed by atoms with E-state index < -0.39 is 0 Å². The molecule has 1 aliphatic heterocycles. The van der Waals surface area contributed by atoms with Crippen molar-refractivity contribution >= 4 is 17.3 Å². The number of hydrogen-bond donors (Lipinski definition) is 1. The number of nitrogens with zero attached hydrogens (tertiary/aromatic N) is 2. The molecule has 1 amide bonds. The van der Waals surface area contributed by atoms with Gasteiger partial charge in [0.05, 0.1) is 0 Å². The Hall–Kier alpha value is -3.34. The topological polar surface area (TPSA) is 54.5 Å². The second-order valence-corrected chi connectivity index (χ2v) is 7.03. The van der Waals surface area contributed by atoms with Crippen molar-refractivity contribution in [2.45, 2.75) is 26.3 Å². The van der Waals surface area contributed by atoms with Crippen LogP contribution in [0.1, 0.15) is 18.1 Å². The van der Waals surface area contributed by atoms with Crippen LogP contribution < -0.4 is 15.0 Å². The molecule has 5 nitrogen and oxygen atoms in total. The summed E-state index contributed by atoms with van der Waals surface area (Å²) in [4.78, 5) is 19.0. The molecule has 3 aromatic rings. The number of nitrogens with one attached hydrogen (secondary N) is 1. The van der Waals surface area contributed by atoms with Crippen LogP contribution in [-0.4, -0.2) is 23.5 Å². The first-order chi connectivity index (χ1) is 13.6. The largest absolute Gasteiger partial charge is 0.439 e. The summed E-state index contributed by atoms with van der Waals surface area (Å²) in [6.45, 7) is 4.62. The van der Waals surface area contributed by atoms with Gasteiger partial charge in [0.2, 0.25) is 11.8 Å². The lowest BCUT2D eigenvalue weighted by Gasteiger charge is -2.23. The Morgan fingerprint density at radius 2 is 1.89 bits per heavy atom. The van der Waals surface area contributed by atoms with Crippen LogP contribution >= 0.6 is 0 Å². The van der Waals surface area contributed by atoms with E-state index in [4.69, 9.17) is 4.74 Å². The maximum Gasteiger partial charge on any atom is 0.249 e. The van der Waals surface area contributed by atoms with E-state index in [1.165, 1.54) is 5.56 Å². The molecule has 142 valence electrons. The van der Waals surface area contributed by atoms with E-state index in [1.807, 2.05) is 73.3 Å². The standard InChI is InChI=1S/C23H23N3O2/c1-16-7-12-22(24-15-16)28-20-10-8-19(9-11-20)25-17(2)23(27)26-14-13-18-5-3-4-6-21(18)26/h3-12,15,17,25H,13-14H2,1-2H3. The molecule has 2 heterocycles. The number of carbonyl (C=O) groups excluding carboxylic acids is 1. The average Bonchev–Trinajstić information content (AvgIpc) is 3.14. The number of para-hydroxylation sites is 1. The zero-order chi connectivity index (χ0) is 19.5. The van der Waals surface area contributed by atoms with Crippen LogP contribution in [0.4, 0.5) is 11.4 Å². The molecule has 1 aliphatic rings. The van der Waals surface area contributed by atoms with Crippen LogP contribution in [-0.2, 0) is 11.2 Å². The summed E-state index contributed by atoms with van der Waals surface area (Å²) in [6.07, 6.45) is 2.68. The predicted molar refractivity (Wildman–Crippen MR) is 111 cm³/mol. The SMILES string of the molecule is Cc1ccc(Oc2ccc(NC(C)C(=O)N3CCc4ccccc43)cc2)nc1. The monoisotopic (exact) mass is 373 g/mol. The molecular weight excluding hydrogens is 350 g/mol. The number of fused-ring (bicyclic) bond motifs is 1. The molecule has 0 aliphatic carbocycles. The number of carbonyl (C=O) groups is 1. The van der Waals surface area contributed by atoms with Crippen molar-refractivity contribution in [3.8, 4) is 11.6 Å². The number of benzene rings is 2. The minimum Gasteiger partial charge on any atom is -0.439 e. The summed E-state index contributed by atoms with van der Waals surface area (Å²) in [7, 11) is 0. The van der Waals surface area contributed by atoms with E-state index in [0.29, 0.717) is 11.6 Å². The molecule has 2 aromatic carbocycles. The highest BCUT2D eigenvalue weighted by molar-refractivity contribution is 6.00. The second kappa shape index (κ2) is 7.72. The molecule has 0 bridgehead atoms. The van der Waals surface area contributed by atoms with Crippen molar-refractivity contribution in [2.75, 3.05) is 16.8 Å². The van der Waals surface area contributed by atoms with Gasteiger partial charge in [-0.25, -0.2) is 4.98 Å². The third-order valence-electron chi connectivity index (χ3n) is 4.87. The fourth-order valence-corrected chi connectivity index (χ4v) is 3.37. The Balaban J connectivity index is 1.39. The molecule has 1 aromatic heterocycles. The van der Waals surface area contributed by atoms with Crippen molar-refractivity contribution in [3.05, 3.63) is 78.0 Å². The lowest BCUT2D eigenvalue weighted by molar-refractivity contribution is -0.118. The molecule has 0 saturated heterocycles. The van der Waals surface area contributed by atoms with Gasteiger partial charge in [-0.1, -0.05) is 24.3 Å². The number of anilines is 2. The van der Waals surface area contributed by atoms with Gasteiger partial charge in [0, 0.05) is 30.2 Å². The van der Waals surface area contributed by atoms with E-state index in [-0.39, 0.29) is 11.9 Å². The molecule has 0 saturated carbocycles. The zero-order valence-corrected chi connectivity index (χ0v) is 16.1. The van der Waals surface area contributed by atoms with Gasteiger partial charge < -0.3 is 15.0 Å². The van der Waals surface area contributed by atoms with Crippen molar-refractivity contribution < 1.29 is 9.53 Å². The van der Waals surface area contributed by atoms with Crippen molar-refractivity contribution in [3.63, 3.8) is 0 Å². The van der Waals surface area contributed by atoms with Crippen molar-refractivity contribution in [1.29, 1.82) is 0 Å². The van der Waals surface area contributed by atoms with Gasteiger partial charge in [-0.05, 0) is 61.7 Å². The smallest absolute Gasteiger partial charge is 0.249 e. The summed E-state index contributed by atoms with van der Waals surface area (Å²) in [6, 6.07) is 19.1. The van der Waals surface area contributed by atoms with Crippen LogP contribution in [0.3, 0.4) is 0 Å². The fraction of sp³-hybridized carbons (Fsp3) is 0.217. The highest BCUT2D eigenvalue weighted by Crippen LogP contribution is 2.28. The number of aryl methyl sites for hydroxylation is 1. The number of hydrogen-bond acceptors (Lipinski definition) is 4. The van der Waals surface area contributed by atoms with Gasteiger partial charge in [0.1, 0.15) is 11.8 Å². The van der Waals surface area contributed by atoms with E-state index >= 15 is 0 Å². The van der Waals surface area contributed by atoms with Crippen LogP contribution in [0, 0.1) is 6.92 Å². The number of ether oxygens (including phenoxy) is 1. The summed E-state index contributed by atoms with van der Waals surface area (Å²) in [5, 5.41) is 3.29. The summed E-state index contributed by atoms with van der Waals surface area (Å²) in [5.74, 6) is 1.34. The molecule has 0 fully saturated rings. The van der Waals surface area contributed by atoms with Crippen LogP contribution in [0.2, 0.25) is 0 Å². The molecule has 0 spiro atoms. The molecule has 0 radical (unpaired) electrons. The third kappa shape index (κ3) is 3.83. The van der Waals surface area contributed by atoms with Gasteiger partial charge in [-0.15, -0.1) is 0 Å². The zero-order valence-electron chi connectivity index (χ0n) is 16.1. The van der Waals surface area contributed by atoms with Gasteiger partial charge in [-0.3, -0.25) is 4.79 Å². The number of aromatic nitrogens is 1. The number of pyridine rings is 1. The van der Waals surface area contributed by atoms with Crippen molar-refractivity contribution in [2.24, 2.45) is 0 Å². The molecule has 1 N–H and O–H groups in total. The average molecular weight is 373 g/mol. The minimum atomic E-state index is -0.323. The van der Waals surface area contributed by atoms with Gasteiger partial charge in [0.15, 0.2) is 0 Å².